The molecule has 1 aliphatic rings. The standard InChI is InChI=1S/C18H23N3O2/c1-18(2,3)14-7-5-12(6-8-14)16-19-15-11-13(17(22)23-4)9-10-21(15)20-16/h5-8,13H,9-11H2,1-4H3. The zero-order valence-corrected chi connectivity index (χ0v) is 14.2. The quantitative estimate of drug-likeness (QED) is 0.800. The van der Waals surface area contributed by atoms with Gasteiger partial charge in [-0.2, -0.15) is 5.10 Å². The molecule has 0 saturated carbocycles. The smallest absolute Gasteiger partial charge is 0.309 e. The summed E-state index contributed by atoms with van der Waals surface area (Å²) in [4.78, 5) is 16.3. The lowest BCUT2D eigenvalue weighted by atomic mass is 9.87. The molecule has 1 atom stereocenters. The van der Waals surface area contributed by atoms with E-state index in [2.05, 4.69) is 55.1 Å². The van der Waals surface area contributed by atoms with Crippen LogP contribution in [0.2, 0.25) is 0 Å². The molecule has 3 rings (SSSR count). The number of aromatic nitrogens is 3. The van der Waals surface area contributed by atoms with Crippen molar-refractivity contribution in [3.63, 3.8) is 0 Å². The van der Waals surface area contributed by atoms with Crippen LogP contribution in [0.15, 0.2) is 24.3 Å². The van der Waals surface area contributed by atoms with E-state index in [9.17, 15) is 4.79 Å². The Morgan fingerprint density at radius 3 is 2.57 bits per heavy atom. The van der Waals surface area contributed by atoms with Crippen LogP contribution < -0.4 is 0 Å². The van der Waals surface area contributed by atoms with Gasteiger partial charge < -0.3 is 4.74 Å². The highest BCUT2D eigenvalue weighted by Gasteiger charge is 2.28. The first-order valence-electron chi connectivity index (χ1n) is 8.01. The second kappa shape index (κ2) is 5.80. The summed E-state index contributed by atoms with van der Waals surface area (Å²) in [6, 6.07) is 8.40. The lowest BCUT2D eigenvalue weighted by Gasteiger charge is -2.19. The Hall–Kier alpha value is -2.17. The number of carbonyl (C=O) groups is 1. The van der Waals surface area contributed by atoms with Gasteiger partial charge in [0.1, 0.15) is 5.82 Å². The van der Waals surface area contributed by atoms with Gasteiger partial charge in [0, 0.05) is 18.5 Å². The summed E-state index contributed by atoms with van der Waals surface area (Å²) in [7, 11) is 1.43. The second-order valence-electron chi connectivity index (χ2n) is 7.12. The van der Waals surface area contributed by atoms with Gasteiger partial charge in [-0.1, -0.05) is 45.0 Å². The fourth-order valence-corrected chi connectivity index (χ4v) is 2.91. The number of aryl methyl sites for hydroxylation is 1. The van der Waals surface area contributed by atoms with Crippen LogP contribution in [-0.2, 0) is 27.9 Å². The number of hydrogen-bond acceptors (Lipinski definition) is 4. The Balaban J connectivity index is 1.84. The SMILES string of the molecule is COC(=O)C1CCn2nc(-c3ccc(C(C)(C)C)cc3)nc2C1. The van der Waals surface area contributed by atoms with Crippen molar-refractivity contribution in [2.75, 3.05) is 7.11 Å². The topological polar surface area (TPSA) is 57.0 Å². The van der Waals surface area contributed by atoms with Crippen molar-refractivity contribution >= 4 is 5.97 Å². The van der Waals surface area contributed by atoms with Gasteiger partial charge in [-0.05, 0) is 17.4 Å². The number of methoxy groups -OCH3 is 1. The van der Waals surface area contributed by atoms with Crippen molar-refractivity contribution in [2.24, 2.45) is 5.92 Å². The van der Waals surface area contributed by atoms with Crippen molar-refractivity contribution in [1.29, 1.82) is 0 Å². The molecular formula is C18H23N3O2. The molecule has 0 bridgehead atoms. The first kappa shape index (κ1) is 15.7. The van der Waals surface area contributed by atoms with Crippen LogP contribution in [0, 0.1) is 5.92 Å². The number of rotatable bonds is 2. The third-order valence-electron chi connectivity index (χ3n) is 4.41. The van der Waals surface area contributed by atoms with Crippen molar-refractivity contribution in [2.45, 2.75) is 45.6 Å². The predicted octanol–water partition coefficient (Wildman–Crippen LogP) is 2.98. The molecule has 0 amide bonds. The molecule has 122 valence electrons. The average molecular weight is 313 g/mol. The number of ether oxygens (including phenoxy) is 1. The van der Waals surface area contributed by atoms with Gasteiger partial charge in [0.15, 0.2) is 5.82 Å². The Kier molecular flexibility index (Phi) is 3.96. The van der Waals surface area contributed by atoms with Crippen molar-refractivity contribution in [3.8, 4) is 11.4 Å². The third-order valence-corrected chi connectivity index (χ3v) is 4.41. The maximum atomic E-state index is 11.7. The molecule has 1 aromatic heterocycles. The minimum absolute atomic E-state index is 0.104. The molecular weight excluding hydrogens is 290 g/mol. The van der Waals surface area contributed by atoms with Crippen LogP contribution in [0.4, 0.5) is 0 Å². The zero-order chi connectivity index (χ0) is 16.6. The van der Waals surface area contributed by atoms with Crippen LogP contribution in [-0.4, -0.2) is 27.8 Å². The fraction of sp³-hybridized carbons (Fsp3) is 0.500. The molecule has 1 unspecified atom stereocenters. The van der Waals surface area contributed by atoms with Gasteiger partial charge in [-0.15, -0.1) is 0 Å². The minimum atomic E-state index is -0.157. The molecule has 5 nitrogen and oxygen atoms in total. The van der Waals surface area contributed by atoms with E-state index in [1.807, 2.05) is 4.68 Å². The Labute approximate surface area is 136 Å². The number of esters is 1. The van der Waals surface area contributed by atoms with Gasteiger partial charge in [0.2, 0.25) is 0 Å². The highest BCUT2D eigenvalue weighted by molar-refractivity contribution is 5.72. The summed E-state index contributed by atoms with van der Waals surface area (Å²) < 4.78 is 6.75. The summed E-state index contributed by atoms with van der Waals surface area (Å²) in [6.07, 6.45) is 1.35. The Morgan fingerprint density at radius 2 is 1.96 bits per heavy atom. The lowest BCUT2D eigenvalue weighted by Crippen LogP contribution is -2.27. The second-order valence-corrected chi connectivity index (χ2v) is 7.12. The Morgan fingerprint density at radius 1 is 1.26 bits per heavy atom. The van der Waals surface area contributed by atoms with E-state index in [1.54, 1.807) is 0 Å². The average Bonchev–Trinajstić information content (AvgIpc) is 2.96. The normalized spacial score (nSPS) is 17.7. The summed E-state index contributed by atoms with van der Waals surface area (Å²) in [5.74, 6) is 1.33. The van der Waals surface area contributed by atoms with E-state index < -0.39 is 0 Å². The molecule has 23 heavy (non-hydrogen) atoms. The van der Waals surface area contributed by atoms with Crippen LogP contribution in [0.5, 0.6) is 0 Å². The van der Waals surface area contributed by atoms with Gasteiger partial charge in [-0.3, -0.25) is 4.79 Å². The number of benzene rings is 1. The first-order valence-corrected chi connectivity index (χ1v) is 8.01. The van der Waals surface area contributed by atoms with Crippen molar-refractivity contribution in [1.82, 2.24) is 14.8 Å². The van der Waals surface area contributed by atoms with Gasteiger partial charge in [0.25, 0.3) is 0 Å². The molecule has 0 radical (unpaired) electrons. The van der Waals surface area contributed by atoms with E-state index in [1.165, 1.54) is 12.7 Å². The minimum Gasteiger partial charge on any atom is -0.469 e. The monoisotopic (exact) mass is 313 g/mol. The summed E-state index contributed by atoms with van der Waals surface area (Å²) in [6.45, 7) is 7.30. The van der Waals surface area contributed by atoms with Crippen LogP contribution in [0.3, 0.4) is 0 Å². The van der Waals surface area contributed by atoms with Crippen molar-refractivity contribution < 1.29 is 9.53 Å². The highest BCUT2D eigenvalue weighted by atomic mass is 16.5. The highest BCUT2D eigenvalue weighted by Crippen LogP contribution is 2.26. The molecule has 2 heterocycles. The number of nitrogens with zero attached hydrogens (tertiary/aromatic N) is 3. The molecule has 2 aromatic rings. The maximum Gasteiger partial charge on any atom is 0.309 e. The molecule has 1 aromatic carbocycles. The molecule has 0 saturated heterocycles. The molecule has 0 N–H and O–H groups in total. The van der Waals surface area contributed by atoms with Crippen LogP contribution in [0.25, 0.3) is 11.4 Å². The molecule has 0 spiro atoms. The first-order chi connectivity index (χ1) is 10.9. The number of carbonyl (C=O) groups excluding carboxylic acids is 1. The van der Waals surface area contributed by atoms with Gasteiger partial charge in [-0.25, -0.2) is 9.67 Å². The summed E-state index contributed by atoms with van der Waals surface area (Å²) >= 11 is 0. The number of hydrogen-bond donors (Lipinski definition) is 0. The van der Waals surface area contributed by atoms with E-state index in [-0.39, 0.29) is 17.3 Å². The van der Waals surface area contributed by atoms with Crippen LogP contribution in [0.1, 0.15) is 38.6 Å². The maximum absolute atomic E-state index is 11.7. The molecule has 1 aliphatic heterocycles. The largest absolute Gasteiger partial charge is 0.469 e. The molecule has 5 heteroatoms. The lowest BCUT2D eigenvalue weighted by molar-refractivity contribution is -0.146. The van der Waals surface area contributed by atoms with Gasteiger partial charge >= 0.3 is 5.97 Å². The third kappa shape index (κ3) is 3.14. The fourth-order valence-electron chi connectivity index (χ4n) is 2.91. The van der Waals surface area contributed by atoms with E-state index in [0.717, 1.165) is 23.6 Å². The number of fused-ring (bicyclic) bond motifs is 1. The summed E-state index contributed by atoms with van der Waals surface area (Å²) in [5.41, 5.74) is 2.43. The molecule has 0 aliphatic carbocycles. The van der Waals surface area contributed by atoms with E-state index in [4.69, 9.17) is 4.74 Å². The summed E-state index contributed by atoms with van der Waals surface area (Å²) in [5, 5.41) is 4.59. The van der Waals surface area contributed by atoms with E-state index >= 15 is 0 Å². The van der Waals surface area contributed by atoms with E-state index in [0.29, 0.717) is 13.0 Å². The predicted molar refractivity (Wildman–Crippen MR) is 88.0 cm³/mol. The zero-order valence-electron chi connectivity index (χ0n) is 14.2. The van der Waals surface area contributed by atoms with Crippen LogP contribution >= 0.6 is 0 Å². The molecule has 0 fully saturated rings. The van der Waals surface area contributed by atoms with Gasteiger partial charge in [0.05, 0.1) is 13.0 Å². The Bertz CT molecular complexity index is 711. The van der Waals surface area contributed by atoms with Crippen molar-refractivity contribution in [3.05, 3.63) is 35.7 Å².